The third-order valence-electron chi connectivity index (χ3n) is 5.43. The van der Waals surface area contributed by atoms with Gasteiger partial charge in [-0.3, -0.25) is 0 Å². The highest BCUT2D eigenvalue weighted by Gasteiger charge is 2.15. The van der Waals surface area contributed by atoms with Crippen molar-refractivity contribution in [3.8, 4) is 22.8 Å². The Labute approximate surface area is 200 Å². The third kappa shape index (κ3) is 4.49. The molecule has 32 heavy (non-hydrogen) atoms. The standard InChI is InChI=1S/C25H21FN2O2S.BrH/c1-16-3-5-19(11-17(16)2)22-14-31-25(27-21-8-6-20(26)7-9-21)28(22)13-18-4-10-23-24(12-18)30-15-29-23;/h3-12,14H,13,15H2,1-2H3;1H. The van der Waals surface area contributed by atoms with Crippen molar-refractivity contribution >= 4 is 34.0 Å². The molecule has 0 saturated carbocycles. The Balaban J connectivity index is 0.00000245. The molecule has 0 bridgehead atoms. The van der Waals surface area contributed by atoms with Gasteiger partial charge in [-0.1, -0.05) is 18.2 Å². The average molecular weight is 513 g/mol. The molecule has 1 aliphatic rings. The van der Waals surface area contributed by atoms with Crippen LogP contribution < -0.4 is 14.3 Å². The summed E-state index contributed by atoms with van der Waals surface area (Å²) >= 11 is 1.57. The fraction of sp³-hybridized carbons (Fsp3) is 0.160. The lowest BCUT2D eigenvalue weighted by atomic mass is 10.0. The number of nitrogens with zero attached hydrogens (tertiary/aromatic N) is 2. The number of benzene rings is 3. The highest BCUT2D eigenvalue weighted by molar-refractivity contribution is 8.93. The second-order valence-electron chi connectivity index (χ2n) is 7.56. The van der Waals surface area contributed by atoms with Gasteiger partial charge in [0.1, 0.15) is 5.82 Å². The summed E-state index contributed by atoms with van der Waals surface area (Å²) in [7, 11) is 0. The molecule has 7 heteroatoms. The molecule has 164 valence electrons. The van der Waals surface area contributed by atoms with E-state index in [1.54, 1.807) is 23.5 Å². The first kappa shape index (κ1) is 22.3. The maximum atomic E-state index is 13.3. The van der Waals surface area contributed by atoms with Crippen LogP contribution in [-0.4, -0.2) is 11.4 Å². The minimum absolute atomic E-state index is 0. The number of fused-ring (bicyclic) bond motifs is 1. The van der Waals surface area contributed by atoms with Crippen molar-refractivity contribution < 1.29 is 13.9 Å². The Morgan fingerprint density at radius 2 is 1.72 bits per heavy atom. The summed E-state index contributed by atoms with van der Waals surface area (Å²) in [5.41, 5.74) is 6.54. The predicted octanol–water partition coefficient (Wildman–Crippen LogP) is 6.56. The summed E-state index contributed by atoms with van der Waals surface area (Å²) in [4.78, 5) is 5.64. The van der Waals surface area contributed by atoms with Crippen molar-refractivity contribution in [2.75, 3.05) is 6.79 Å². The minimum atomic E-state index is -0.269. The van der Waals surface area contributed by atoms with Gasteiger partial charge in [0.05, 0.1) is 17.9 Å². The molecule has 2 heterocycles. The number of rotatable bonds is 4. The first-order valence-corrected chi connectivity index (χ1v) is 10.9. The van der Waals surface area contributed by atoms with E-state index in [-0.39, 0.29) is 29.6 Å². The molecule has 0 spiro atoms. The van der Waals surface area contributed by atoms with Gasteiger partial charge in [0.2, 0.25) is 6.79 Å². The van der Waals surface area contributed by atoms with E-state index in [2.05, 4.69) is 42.0 Å². The highest BCUT2D eigenvalue weighted by atomic mass is 79.9. The monoisotopic (exact) mass is 512 g/mol. The fourth-order valence-corrected chi connectivity index (χ4v) is 4.48. The second kappa shape index (κ2) is 9.30. The Bertz CT molecular complexity index is 1330. The van der Waals surface area contributed by atoms with Gasteiger partial charge < -0.3 is 14.0 Å². The lowest BCUT2D eigenvalue weighted by Gasteiger charge is -2.11. The van der Waals surface area contributed by atoms with Crippen LogP contribution in [0.15, 0.2) is 71.0 Å². The second-order valence-corrected chi connectivity index (χ2v) is 8.40. The molecule has 4 nitrogen and oxygen atoms in total. The Hall–Kier alpha value is -2.90. The number of hydrogen-bond donors (Lipinski definition) is 0. The number of ether oxygens (including phenoxy) is 2. The Morgan fingerprint density at radius 1 is 0.938 bits per heavy atom. The lowest BCUT2D eigenvalue weighted by Crippen LogP contribution is -2.16. The predicted molar refractivity (Wildman–Crippen MR) is 131 cm³/mol. The van der Waals surface area contributed by atoms with Crippen molar-refractivity contribution in [2.24, 2.45) is 4.99 Å². The number of hydrogen-bond acceptors (Lipinski definition) is 4. The molecule has 0 amide bonds. The average Bonchev–Trinajstić information content (AvgIpc) is 3.39. The first-order valence-electron chi connectivity index (χ1n) is 10.0. The molecule has 0 radical (unpaired) electrons. The smallest absolute Gasteiger partial charge is 0.231 e. The zero-order chi connectivity index (χ0) is 21.4. The zero-order valence-electron chi connectivity index (χ0n) is 17.7. The van der Waals surface area contributed by atoms with Crippen LogP contribution in [0.5, 0.6) is 11.5 Å². The van der Waals surface area contributed by atoms with Crippen LogP contribution in [0.25, 0.3) is 11.3 Å². The molecule has 0 aliphatic carbocycles. The van der Waals surface area contributed by atoms with Crippen LogP contribution in [0.2, 0.25) is 0 Å². The van der Waals surface area contributed by atoms with Crippen LogP contribution in [-0.2, 0) is 6.54 Å². The molecule has 1 aliphatic heterocycles. The molecule has 4 aromatic rings. The van der Waals surface area contributed by atoms with Gasteiger partial charge >= 0.3 is 0 Å². The summed E-state index contributed by atoms with van der Waals surface area (Å²) < 4.78 is 26.5. The van der Waals surface area contributed by atoms with Crippen molar-refractivity contribution in [1.29, 1.82) is 0 Å². The van der Waals surface area contributed by atoms with E-state index in [4.69, 9.17) is 14.5 Å². The first-order chi connectivity index (χ1) is 15.1. The van der Waals surface area contributed by atoms with E-state index in [1.165, 1.54) is 23.3 Å². The molecular weight excluding hydrogens is 491 g/mol. The van der Waals surface area contributed by atoms with Crippen molar-refractivity contribution in [1.82, 2.24) is 4.57 Å². The van der Waals surface area contributed by atoms with E-state index in [1.807, 2.05) is 18.2 Å². The van der Waals surface area contributed by atoms with Crippen LogP contribution in [0.3, 0.4) is 0 Å². The number of thiazole rings is 1. The zero-order valence-corrected chi connectivity index (χ0v) is 20.2. The van der Waals surface area contributed by atoms with E-state index < -0.39 is 0 Å². The molecule has 3 aromatic carbocycles. The van der Waals surface area contributed by atoms with E-state index >= 15 is 0 Å². The van der Waals surface area contributed by atoms with E-state index in [0.29, 0.717) is 12.2 Å². The minimum Gasteiger partial charge on any atom is -0.454 e. The summed E-state index contributed by atoms with van der Waals surface area (Å²) in [5, 5.41) is 2.12. The SMILES string of the molecule is Br.Cc1ccc(-c2csc(=Nc3ccc(F)cc3)n2Cc2ccc3c(c2)OCO3)cc1C. The number of aryl methyl sites for hydroxylation is 2. The van der Waals surface area contributed by atoms with E-state index in [9.17, 15) is 4.39 Å². The van der Waals surface area contributed by atoms with Gasteiger partial charge in [0.25, 0.3) is 0 Å². The molecule has 1 aromatic heterocycles. The number of halogens is 2. The van der Waals surface area contributed by atoms with Gasteiger partial charge in [-0.15, -0.1) is 28.3 Å². The van der Waals surface area contributed by atoms with Crippen LogP contribution in [0.4, 0.5) is 10.1 Å². The normalized spacial score (nSPS) is 12.7. The van der Waals surface area contributed by atoms with Crippen LogP contribution in [0.1, 0.15) is 16.7 Å². The molecule has 5 rings (SSSR count). The van der Waals surface area contributed by atoms with Gasteiger partial charge in [-0.2, -0.15) is 0 Å². The topological polar surface area (TPSA) is 35.8 Å². The summed E-state index contributed by atoms with van der Waals surface area (Å²) in [5.74, 6) is 1.26. The quantitative estimate of drug-likeness (QED) is 0.310. The highest BCUT2D eigenvalue weighted by Crippen LogP contribution is 2.33. The summed E-state index contributed by atoms with van der Waals surface area (Å²) in [6.45, 7) is 5.12. The molecule has 0 fully saturated rings. The summed E-state index contributed by atoms with van der Waals surface area (Å²) in [6.07, 6.45) is 0. The van der Waals surface area contributed by atoms with Gasteiger partial charge in [0.15, 0.2) is 16.3 Å². The molecule has 0 saturated heterocycles. The van der Waals surface area contributed by atoms with Crippen molar-refractivity contribution in [2.45, 2.75) is 20.4 Å². The molecule has 0 atom stereocenters. The van der Waals surface area contributed by atoms with Gasteiger partial charge in [-0.05, 0) is 78.6 Å². The maximum absolute atomic E-state index is 13.3. The molecular formula is C25H22BrFN2O2S. The van der Waals surface area contributed by atoms with Gasteiger partial charge in [0, 0.05) is 5.38 Å². The van der Waals surface area contributed by atoms with Crippen LogP contribution in [0, 0.1) is 19.7 Å². The van der Waals surface area contributed by atoms with Crippen molar-refractivity contribution in [3.63, 3.8) is 0 Å². The van der Waals surface area contributed by atoms with E-state index in [0.717, 1.165) is 33.1 Å². The number of aromatic nitrogens is 1. The Kier molecular flexibility index (Phi) is 6.48. The van der Waals surface area contributed by atoms with Crippen molar-refractivity contribution in [3.05, 3.63) is 93.4 Å². The maximum Gasteiger partial charge on any atom is 0.231 e. The lowest BCUT2D eigenvalue weighted by molar-refractivity contribution is 0.174. The third-order valence-corrected chi connectivity index (χ3v) is 6.29. The van der Waals surface area contributed by atoms with Crippen LogP contribution >= 0.6 is 28.3 Å². The molecule has 0 N–H and O–H groups in total. The Morgan fingerprint density at radius 3 is 2.50 bits per heavy atom. The van der Waals surface area contributed by atoms with Gasteiger partial charge in [-0.25, -0.2) is 9.38 Å². The largest absolute Gasteiger partial charge is 0.454 e. The fourth-order valence-electron chi connectivity index (χ4n) is 3.55. The molecule has 0 unspecified atom stereocenters. The summed E-state index contributed by atoms with van der Waals surface area (Å²) in [6, 6.07) is 18.7.